The van der Waals surface area contributed by atoms with Gasteiger partial charge in [-0.25, -0.2) is 4.79 Å². The third-order valence-electron chi connectivity index (χ3n) is 5.50. The number of carbonyl (C=O) groups is 3. The first-order valence-electron chi connectivity index (χ1n) is 10.3. The molecule has 0 aliphatic carbocycles. The summed E-state index contributed by atoms with van der Waals surface area (Å²) < 4.78 is 5.32. The lowest BCUT2D eigenvalue weighted by Crippen LogP contribution is -2.46. The Morgan fingerprint density at radius 1 is 1.00 bits per heavy atom. The number of carboxylic acid groups (broad SMARTS) is 1. The van der Waals surface area contributed by atoms with E-state index in [0.717, 1.165) is 24.8 Å². The molecule has 6 nitrogen and oxygen atoms in total. The molecule has 1 saturated heterocycles. The Labute approximate surface area is 176 Å². The van der Waals surface area contributed by atoms with Crippen LogP contribution in [0.25, 0.3) is 0 Å². The van der Waals surface area contributed by atoms with Crippen LogP contribution in [0.4, 0.5) is 10.5 Å². The summed E-state index contributed by atoms with van der Waals surface area (Å²) in [7, 11) is 0. The Bertz CT molecular complexity index is 878. The largest absolute Gasteiger partial charge is 0.465 e. The maximum atomic E-state index is 11.8. The molecule has 1 aliphatic heterocycles. The van der Waals surface area contributed by atoms with Crippen molar-refractivity contribution in [2.24, 2.45) is 5.92 Å². The van der Waals surface area contributed by atoms with E-state index in [1.807, 2.05) is 30.3 Å². The highest BCUT2D eigenvalue weighted by molar-refractivity contribution is 5.95. The first-order chi connectivity index (χ1) is 14.5. The first kappa shape index (κ1) is 21.6. The van der Waals surface area contributed by atoms with Crippen molar-refractivity contribution in [1.82, 2.24) is 0 Å². The average molecular weight is 409 g/mol. The number of hydrogen-bond acceptors (Lipinski definition) is 4. The fourth-order valence-corrected chi connectivity index (χ4v) is 3.74. The summed E-state index contributed by atoms with van der Waals surface area (Å²) in [5.74, 6) is -0.261. The molecule has 0 bridgehead atoms. The van der Waals surface area contributed by atoms with Crippen LogP contribution in [-0.4, -0.2) is 35.6 Å². The van der Waals surface area contributed by atoms with Crippen molar-refractivity contribution >= 4 is 23.5 Å². The Hall–Kier alpha value is -3.15. The van der Waals surface area contributed by atoms with Crippen LogP contribution in [0.15, 0.2) is 54.6 Å². The van der Waals surface area contributed by atoms with E-state index >= 15 is 0 Å². The number of rotatable bonds is 10. The van der Waals surface area contributed by atoms with E-state index in [9.17, 15) is 19.5 Å². The van der Waals surface area contributed by atoms with Gasteiger partial charge in [0.2, 0.25) is 0 Å². The van der Waals surface area contributed by atoms with E-state index in [4.69, 9.17) is 4.74 Å². The van der Waals surface area contributed by atoms with Crippen LogP contribution < -0.4 is 4.90 Å². The van der Waals surface area contributed by atoms with Crippen LogP contribution in [0.3, 0.4) is 0 Å². The van der Waals surface area contributed by atoms with Gasteiger partial charge in [0.25, 0.3) is 0 Å². The molecule has 1 amide bonds. The van der Waals surface area contributed by atoms with Gasteiger partial charge in [-0.2, -0.15) is 0 Å². The fraction of sp³-hybridized carbons (Fsp3) is 0.375. The molecule has 2 unspecified atom stereocenters. The molecular formula is C24H27NO5. The van der Waals surface area contributed by atoms with Crippen molar-refractivity contribution in [3.8, 4) is 0 Å². The van der Waals surface area contributed by atoms with Gasteiger partial charge in [0, 0.05) is 17.8 Å². The molecule has 158 valence electrons. The number of Topliss-reactive ketones (excluding diaryl/α,β-unsaturated/α-hetero) is 1. The van der Waals surface area contributed by atoms with Gasteiger partial charge in [-0.15, -0.1) is 0 Å². The zero-order valence-electron chi connectivity index (χ0n) is 17.1. The van der Waals surface area contributed by atoms with Gasteiger partial charge in [-0.3, -0.25) is 14.5 Å². The number of nitrogens with zero attached hydrogens (tertiary/aromatic N) is 1. The highest BCUT2D eigenvalue weighted by Gasteiger charge is 2.41. The molecule has 3 rings (SSSR count). The second-order valence-electron chi connectivity index (χ2n) is 7.66. The summed E-state index contributed by atoms with van der Waals surface area (Å²) in [5.41, 5.74) is 2.25. The van der Waals surface area contributed by atoms with E-state index in [1.54, 1.807) is 24.3 Å². The SMILES string of the molecule is CC(=O)c1ccc(N(CCCCCC2OC(=O)C2Cc2ccccc2)C(=O)O)cc1. The number of esters is 1. The molecule has 0 radical (unpaired) electrons. The number of anilines is 1. The molecule has 2 aromatic carbocycles. The molecule has 1 heterocycles. The minimum absolute atomic E-state index is 0.0487. The molecule has 0 saturated carbocycles. The molecule has 2 aromatic rings. The second-order valence-corrected chi connectivity index (χ2v) is 7.66. The van der Waals surface area contributed by atoms with Gasteiger partial charge >= 0.3 is 12.1 Å². The third-order valence-corrected chi connectivity index (χ3v) is 5.50. The smallest absolute Gasteiger partial charge is 0.411 e. The van der Waals surface area contributed by atoms with Crippen molar-refractivity contribution in [2.75, 3.05) is 11.4 Å². The van der Waals surface area contributed by atoms with E-state index in [0.29, 0.717) is 30.6 Å². The number of cyclic esters (lactones) is 1. The minimum atomic E-state index is -1.01. The summed E-state index contributed by atoms with van der Waals surface area (Å²) in [6, 6.07) is 16.5. The number of ether oxygens (including phenoxy) is 1. The van der Waals surface area contributed by atoms with Gasteiger partial charge in [0.05, 0.1) is 5.92 Å². The average Bonchev–Trinajstić information content (AvgIpc) is 2.74. The summed E-state index contributed by atoms with van der Waals surface area (Å²) in [6.07, 6.45) is 2.87. The molecular weight excluding hydrogens is 382 g/mol. The predicted molar refractivity (Wildman–Crippen MR) is 114 cm³/mol. The number of amides is 1. The zero-order valence-corrected chi connectivity index (χ0v) is 17.1. The van der Waals surface area contributed by atoms with E-state index in [-0.39, 0.29) is 23.8 Å². The molecule has 0 aromatic heterocycles. The van der Waals surface area contributed by atoms with Crippen LogP contribution in [0.5, 0.6) is 0 Å². The van der Waals surface area contributed by atoms with Crippen molar-refractivity contribution < 1.29 is 24.2 Å². The van der Waals surface area contributed by atoms with Crippen LogP contribution in [-0.2, 0) is 16.0 Å². The summed E-state index contributed by atoms with van der Waals surface area (Å²) >= 11 is 0. The van der Waals surface area contributed by atoms with Gasteiger partial charge in [0.1, 0.15) is 6.10 Å². The minimum Gasteiger partial charge on any atom is -0.465 e. The first-order valence-corrected chi connectivity index (χ1v) is 10.3. The quantitative estimate of drug-likeness (QED) is 0.349. The molecule has 6 heteroatoms. The predicted octanol–water partition coefficient (Wildman–Crippen LogP) is 4.72. The highest BCUT2D eigenvalue weighted by Crippen LogP contribution is 2.30. The van der Waals surface area contributed by atoms with Crippen molar-refractivity contribution in [2.45, 2.75) is 45.1 Å². The molecule has 1 fully saturated rings. The van der Waals surface area contributed by atoms with Crippen LogP contribution in [0.1, 0.15) is 48.5 Å². The topological polar surface area (TPSA) is 83.9 Å². The van der Waals surface area contributed by atoms with Gasteiger partial charge in [-0.1, -0.05) is 36.8 Å². The van der Waals surface area contributed by atoms with Crippen molar-refractivity contribution in [3.63, 3.8) is 0 Å². The van der Waals surface area contributed by atoms with E-state index < -0.39 is 6.09 Å². The summed E-state index contributed by atoms with van der Waals surface area (Å²) in [4.78, 5) is 36.1. The monoisotopic (exact) mass is 409 g/mol. The molecule has 1 aliphatic rings. The van der Waals surface area contributed by atoms with Gasteiger partial charge < -0.3 is 9.84 Å². The van der Waals surface area contributed by atoms with E-state index in [2.05, 4.69) is 0 Å². The Balaban J connectivity index is 1.42. The van der Waals surface area contributed by atoms with Gasteiger partial charge in [0.15, 0.2) is 5.78 Å². The standard InChI is InChI=1S/C24H27NO5/c1-17(26)19-11-13-20(14-12-19)25(24(28)29)15-7-3-6-10-22-21(23(27)30-22)16-18-8-4-2-5-9-18/h2,4-5,8-9,11-14,21-22H,3,6-7,10,15-16H2,1H3,(H,28,29). The lowest BCUT2D eigenvalue weighted by molar-refractivity contribution is -0.185. The number of hydrogen-bond donors (Lipinski definition) is 1. The second kappa shape index (κ2) is 10.1. The van der Waals surface area contributed by atoms with Crippen LogP contribution in [0.2, 0.25) is 0 Å². The molecule has 2 atom stereocenters. The van der Waals surface area contributed by atoms with Gasteiger partial charge in [-0.05, 0) is 62.4 Å². The third kappa shape index (κ3) is 5.47. The normalized spacial score (nSPS) is 17.7. The lowest BCUT2D eigenvalue weighted by atomic mass is 9.87. The summed E-state index contributed by atoms with van der Waals surface area (Å²) in [6.45, 7) is 1.86. The van der Waals surface area contributed by atoms with Crippen molar-refractivity contribution in [3.05, 3.63) is 65.7 Å². The Morgan fingerprint density at radius 2 is 1.70 bits per heavy atom. The Morgan fingerprint density at radius 3 is 2.30 bits per heavy atom. The number of ketones is 1. The maximum absolute atomic E-state index is 11.8. The highest BCUT2D eigenvalue weighted by atomic mass is 16.6. The number of benzene rings is 2. The lowest BCUT2D eigenvalue weighted by Gasteiger charge is -2.35. The molecule has 0 spiro atoms. The van der Waals surface area contributed by atoms with Crippen LogP contribution in [0, 0.1) is 5.92 Å². The summed E-state index contributed by atoms with van der Waals surface area (Å²) in [5, 5.41) is 9.50. The Kier molecular flexibility index (Phi) is 7.22. The van der Waals surface area contributed by atoms with Crippen LogP contribution >= 0.6 is 0 Å². The van der Waals surface area contributed by atoms with Crippen molar-refractivity contribution in [1.29, 1.82) is 0 Å². The number of carbonyl (C=O) groups excluding carboxylic acids is 2. The number of unbranched alkanes of at least 4 members (excludes halogenated alkanes) is 2. The molecule has 30 heavy (non-hydrogen) atoms. The maximum Gasteiger partial charge on any atom is 0.411 e. The zero-order chi connectivity index (χ0) is 21.5. The van der Waals surface area contributed by atoms with E-state index in [1.165, 1.54) is 11.8 Å². The molecule has 1 N–H and O–H groups in total. The fourth-order valence-electron chi connectivity index (χ4n) is 3.74.